The molecule has 1 unspecified atom stereocenters. The zero-order valence-electron chi connectivity index (χ0n) is 9.02. The number of carbonyl (C=O) groups is 2. The van der Waals surface area contributed by atoms with Crippen molar-refractivity contribution >= 4 is 30.0 Å². The highest BCUT2D eigenvalue weighted by molar-refractivity contribution is 7.99. The van der Waals surface area contributed by atoms with Gasteiger partial charge in [-0.15, -0.1) is 0 Å². The maximum Gasteiger partial charge on any atom is 0.303 e. The fraction of sp³-hybridized carbons (Fsp3) is 0.700. The van der Waals surface area contributed by atoms with E-state index in [1.54, 1.807) is 11.9 Å². The molecular formula is C10H16N2O3S. The molecule has 0 aromatic heterocycles. The van der Waals surface area contributed by atoms with Gasteiger partial charge in [-0.2, -0.15) is 0 Å². The summed E-state index contributed by atoms with van der Waals surface area (Å²) in [6.45, 7) is 0.646. The molecule has 0 bridgehead atoms. The molecule has 0 aromatic rings. The lowest BCUT2D eigenvalue weighted by atomic mass is 10.2. The summed E-state index contributed by atoms with van der Waals surface area (Å²) < 4.78 is 4.05. The molecule has 0 saturated carbocycles. The average Bonchev–Trinajstić information content (AvgIpc) is 2.70. The Kier molecular flexibility index (Phi) is 5.92. The zero-order valence-corrected chi connectivity index (χ0v) is 9.83. The number of nitrogens with one attached hydrogen (secondary N) is 1. The maximum atomic E-state index is 11.3. The molecule has 1 atom stereocenters. The Bertz CT molecular complexity index is 273. The van der Waals surface area contributed by atoms with Gasteiger partial charge >= 0.3 is 5.97 Å². The molecule has 16 heavy (non-hydrogen) atoms. The van der Waals surface area contributed by atoms with Crippen LogP contribution in [-0.4, -0.2) is 35.0 Å². The number of amides is 1. The number of carbonyl (C=O) groups excluding carboxylic acids is 1. The van der Waals surface area contributed by atoms with Gasteiger partial charge in [-0.1, -0.05) is 0 Å². The zero-order chi connectivity index (χ0) is 11.8. The minimum atomic E-state index is -0.854. The number of hydrogen-bond donors (Lipinski definition) is 2. The standard InChI is InChI=1S/C10H16N2O3S/c13-9(2-1-3-10(14)15)11-6-4-8-5-7-12-16-8/h7-8H,1-6H2,(H,11,13)(H,14,15). The largest absolute Gasteiger partial charge is 0.481 e. The van der Waals surface area contributed by atoms with Crippen LogP contribution in [0.4, 0.5) is 0 Å². The molecule has 90 valence electrons. The monoisotopic (exact) mass is 244 g/mol. The Morgan fingerprint density at radius 2 is 2.31 bits per heavy atom. The van der Waals surface area contributed by atoms with Crippen LogP contribution in [0, 0.1) is 0 Å². The third-order valence-electron chi connectivity index (χ3n) is 2.24. The van der Waals surface area contributed by atoms with Gasteiger partial charge in [0.05, 0.1) is 0 Å². The van der Waals surface area contributed by atoms with Crippen molar-refractivity contribution < 1.29 is 14.7 Å². The van der Waals surface area contributed by atoms with Crippen LogP contribution in [-0.2, 0) is 9.59 Å². The summed E-state index contributed by atoms with van der Waals surface area (Å²) in [6.07, 6.45) is 4.53. The third kappa shape index (κ3) is 5.75. The molecular weight excluding hydrogens is 228 g/mol. The van der Waals surface area contributed by atoms with Crippen LogP contribution in [0.15, 0.2) is 4.40 Å². The lowest BCUT2D eigenvalue weighted by Gasteiger charge is -2.07. The van der Waals surface area contributed by atoms with Gasteiger partial charge in [-0.25, -0.2) is 4.40 Å². The van der Waals surface area contributed by atoms with E-state index in [0.29, 0.717) is 24.6 Å². The summed E-state index contributed by atoms with van der Waals surface area (Å²) in [5.74, 6) is -0.919. The van der Waals surface area contributed by atoms with Gasteiger partial charge in [-0.05, 0) is 31.2 Å². The molecule has 1 aliphatic heterocycles. The fourth-order valence-electron chi connectivity index (χ4n) is 1.36. The smallest absolute Gasteiger partial charge is 0.303 e. The molecule has 5 nitrogen and oxygen atoms in total. The van der Waals surface area contributed by atoms with E-state index >= 15 is 0 Å². The molecule has 2 N–H and O–H groups in total. The number of aliphatic carboxylic acids is 1. The van der Waals surface area contributed by atoms with Gasteiger partial charge < -0.3 is 10.4 Å². The maximum absolute atomic E-state index is 11.3. The van der Waals surface area contributed by atoms with Gasteiger partial charge in [0, 0.05) is 30.9 Å². The summed E-state index contributed by atoms with van der Waals surface area (Å²) in [5, 5.41) is 11.7. The minimum absolute atomic E-state index is 0.0553. The van der Waals surface area contributed by atoms with Crippen molar-refractivity contribution in [2.75, 3.05) is 6.54 Å². The first-order valence-corrected chi connectivity index (χ1v) is 6.18. The Morgan fingerprint density at radius 1 is 1.50 bits per heavy atom. The fourth-order valence-corrected chi connectivity index (χ4v) is 2.10. The van der Waals surface area contributed by atoms with Crippen LogP contribution in [0.25, 0.3) is 0 Å². The molecule has 1 rings (SSSR count). The number of rotatable bonds is 7. The van der Waals surface area contributed by atoms with Gasteiger partial charge in [0.1, 0.15) is 0 Å². The second-order valence-corrected chi connectivity index (χ2v) is 4.73. The van der Waals surface area contributed by atoms with Crippen LogP contribution >= 0.6 is 11.9 Å². The highest BCUT2D eigenvalue weighted by Gasteiger charge is 2.12. The van der Waals surface area contributed by atoms with Crippen LogP contribution in [0.1, 0.15) is 32.1 Å². The van der Waals surface area contributed by atoms with Crippen LogP contribution in [0.2, 0.25) is 0 Å². The van der Waals surface area contributed by atoms with Gasteiger partial charge in [-0.3, -0.25) is 9.59 Å². The first kappa shape index (κ1) is 13.0. The summed E-state index contributed by atoms with van der Waals surface area (Å²) in [7, 11) is 0. The third-order valence-corrected chi connectivity index (χ3v) is 3.23. The van der Waals surface area contributed by atoms with Crippen molar-refractivity contribution in [3.05, 3.63) is 0 Å². The van der Waals surface area contributed by atoms with Crippen molar-refractivity contribution in [2.24, 2.45) is 4.40 Å². The second kappa shape index (κ2) is 7.27. The van der Waals surface area contributed by atoms with Gasteiger partial charge in [0.2, 0.25) is 5.91 Å². The Balaban J connectivity index is 1.95. The summed E-state index contributed by atoms with van der Waals surface area (Å²) in [6, 6.07) is 0. The lowest BCUT2D eigenvalue weighted by molar-refractivity contribution is -0.137. The molecule has 0 aromatic carbocycles. The van der Waals surface area contributed by atoms with E-state index in [-0.39, 0.29) is 12.3 Å². The summed E-state index contributed by atoms with van der Waals surface area (Å²) in [4.78, 5) is 21.5. The molecule has 1 amide bonds. The molecule has 1 heterocycles. The van der Waals surface area contributed by atoms with E-state index in [1.165, 1.54) is 0 Å². The van der Waals surface area contributed by atoms with Gasteiger partial charge in [0.15, 0.2) is 0 Å². The van der Waals surface area contributed by atoms with Crippen molar-refractivity contribution in [2.45, 2.75) is 37.4 Å². The van der Waals surface area contributed by atoms with E-state index in [0.717, 1.165) is 12.8 Å². The Labute approximate surface area is 98.8 Å². The number of carboxylic acids is 1. The molecule has 0 fully saturated rings. The van der Waals surface area contributed by atoms with Crippen LogP contribution in [0.5, 0.6) is 0 Å². The minimum Gasteiger partial charge on any atom is -0.481 e. The molecule has 1 aliphatic rings. The predicted octanol–water partition coefficient (Wildman–Crippen LogP) is 1.24. The van der Waals surface area contributed by atoms with Crippen LogP contribution in [0.3, 0.4) is 0 Å². The SMILES string of the molecule is O=C(O)CCCC(=O)NCCC1CC=NS1. The van der Waals surface area contributed by atoms with Gasteiger partial charge in [0.25, 0.3) is 0 Å². The molecule has 0 saturated heterocycles. The average molecular weight is 244 g/mol. The molecule has 0 spiro atoms. The van der Waals surface area contributed by atoms with Crippen molar-refractivity contribution in [1.29, 1.82) is 0 Å². The molecule has 0 radical (unpaired) electrons. The number of hydrogen-bond acceptors (Lipinski definition) is 4. The normalized spacial score (nSPS) is 18.6. The van der Waals surface area contributed by atoms with Crippen molar-refractivity contribution in [3.8, 4) is 0 Å². The van der Waals surface area contributed by atoms with Crippen molar-refractivity contribution in [3.63, 3.8) is 0 Å². The topological polar surface area (TPSA) is 78.8 Å². The number of carboxylic acid groups (broad SMARTS) is 1. The van der Waals surface area contributed by atoms with E-state index in [2.05, 4.69) is 9.71 Å². The molecule has 6 heteroatoms. The first-order valence-electron chi connectivity index (χ1n) is 5.34. The van der Waals surface area contributed by atoms with E-state index in [1.807, 2.05) is 6.21 Å². The van der Waals surface area contributed by atoms with Crippen molar-refractivity contribution in [1.82, 2.24) is 5.32 Å². The van der Waals surface area contributed by atoms with Crippen LogP contribution < -0.4 is 5.32 Å². The first-order chi connectivity index (χ1) is 7.68. The quantitative estimate of drug-likeness (QED) is 0.660. The molecule has 0 aliphatic carbocycles. The Hall–Kier alpha value is -1.04. The summed E-state index contributed by atoms with van der Waals surface area (Å²) in [5.41, 5.74) is 0. The van der Waals surface area contributed by atoms with E-state index in [9.17, 15) is 9.59 Å². The van der Waals surface area contributed by atoms with E-state index in [4.69, 9.17) is 5.11 Å². The second-order valence-electron chi connectivity index (χ2n) is 3.64. The number of nitrogens with zero attached hydrogens (tertiary/aromatic N) is 1. The summed E-state index contributed by atoms with van der Waals surface area (Å²) >= 11 is 1.56. The highest BCUT2D eigenvalue weighted by atomic mass is 32.2. The predicted molar refractivity (Wildman–Crippen MR) is 63.6 cm³/mol. The highest BCUT2D eigenvalue weighted by Crippen LogP contribution is 2.23. The lowest BCUT2D eigenvalue weighted by Crippen LogP contribution is -2.26. The van der Waals surface area contributed by atoms with E-state index < -0.39 is 5.97 Å². The Morgan fingerprint density at radius 3 is 2.94 bits per heavy atom.